The number of aromatic nitrogens is 1. The van der Waals surface area contributed by atoms with Gasteiger partial charge in [0.2, 0.25) is 0 Å². The molecule has 0 spiro atoms. The summed E-state index contributed by atoms with van der Waals surface area (Å²) in [4.78, 5) is 32.4. The van der Waals surface area contributed by atoms with Gasteiger partial charge in [0.25, 0.3) is 11.7 Å². The van der Waals surface area contributed by atoms with Crippen molar-refractivity contribution in [1.29, 1.82) is 0 Å². The van der Waals surface area contributed by atoms with Gasteiger partial charge in [0.1, 0.15) is 17.3 Å². The van der Waals surface area contributed by atoms with Crippen LogP contribution in [0.4, 0.5) is 0 Å². The number of amides is 1. The monoisotopic (exact) mass is 490 g/mol. The van der Waals surface area contributed by atoms with Gasteiger partial charge in [0, 0.05) is 24.5 Å². The topological polar surface area (TPSA) is 79.7 Å². The molecule has 5 rings (SSSR count). The lowest BCUT2D eigenvalue weighted by Crippen LogP contribution is -2.29. The van der Waals surface area contributed by atoms with E-state index in [4.69, 9.17) is 4.74 Å². The zero-order valence-electron chi connectivity index (χ0n) is 20.6. The number of Topliss-reactive ketones (excluding diaryl/α,β-unsaturated/α-hetero) is 1. The van der Waals surface area contributed by atoms with Crippen LogP contribution in [-0.2, 0) is 16.1 Å². The Hall–Kier alpha value is -4.71. The number of pyridine rings is 1. The fraction of sp³-hybridized carbons (Fsp3) is 0.129. The number of aliphatic hydroxyl groups is 1. The molecule has 3 aromatic carbocycles. The highest BCUT2D eigenvalue weighted by molar-refractivity contribution is 6.46. The Bertz CT molecular complexity index is 1500. The van der Waals surface area contributed by atoms with Gasteiger partial charge in [-0.15, -0.1) is 0 Å². The summed E-state index contributed by atoms with van der Waals surface area (Å²) in [6.07, 6.45) is 3.32. The largest absolute Gasteiger partial charge is 0.507 e. The highest BCUT2D eigenvalue weighted by atomic mass is 16.5. The third kappa shape index (κ3) is 4.86. The van der Waals surface area contributed by atoms with Crippen LogP contribution in [0.1, 0.15) is 33.9 Å². The van der Waals surface area contributed by atoms with Crippen molar-refractivity contribution in [3.8, 4) is 11.5 Å². The fourth-order valence-corrected chi connectivity index (χ4v) is 4.59. The van der Waals surface area contributed by atoms with E-state index < -0.39 is 17.7 Å². The molecule has 1 N–H and O–H groups in total. The van der Waals surface area contributed by atoms with E-state index in [1.165, 1.54) is 4.90 Å². The van der Waals surface area contributed by atoms with Crippen LogP contribution in [0.25, 0.3) is 5.76 Å². The Labute approximate surface area is 215 Å². The molecular weight excluding hydrogens is 464 g/mol. The summed E-state index contributed by atoms with van der Waals surface area (Å²) in [5, 5.41) is 11.5. The Morgan fingerprint density at radius 2 is 1.70 bits per heavy atom. The molecule has 37 heavy (non-hydrogen) atoms. The number of ketones is 1. The highest BCUT2D eigenvalue weighted by Crippen LogP contribution is 2.42. The van der Waals surface area contributed by atoms with Gasteiger partial charge in [0.05, 0.1) is 11.6 Å². The summed E-state index contributed by atoms with van der Waals surface area (Å²) in [6.45, 7) is 3.94. The van der Waals surface area contributed by atoms with Gasteiger partial charge in [-0.1, -0.05) is 54.1 Å². The van der Waals surface area contributed by atoms with Crippen LogP contribution >= 0.6 is 0 Å². The number of nitrogens with zero attached hydrogens (tertiary/aromatic N) is 2. The van der Waals surface area contributed by atoms with Gasteiger partial charge >= 0.3 is 0 Å². The molecule has 184 valence electrons. The first-order valence-electron chi connectivity index (χ1n) is 12.0. The van der Waals surface area contributed by atoms with Gasteiger partial charge < -0.3 is 14.7 Å². The number of carbonyl (C=O) groups excluding carboxylic acids is 2. The predicted octanol–water partition coefficient (Wildman–Crippen LogP) is 6.11. The lowest BCUT2D eigenvalue weighted by atomic mass is 9.93. The number of aliphatic hydroxyl groups excluding tert-OH is 1. The lowest BCUT2D eigenvalue weighted by molar-refractivity contribution is -0.140. The first-order chi connectivity index (χ1) is 17.9. The molecule has 1 unspecified atom stereocenters. The van der Waals surface area contributed by atoms with Gasteiger partial charge in [-0.2, -0.15) is 0 Å². The summed E-state index contributed by atoms with van der Waals surface area (Å²) in [5.74, 6) is -0.355. The summed E-state index contributed by atoms with van der Waals surface area (Å²) in [5.41, 5.74) is 3.76. The molecule has 1 aromatic heterocycles. The average molecular weight is 491 g/mol. The Morgan fingerprint density at radius 1 is 0.919 bits per heavy atom. The lowest BCUT2D eigenvalue weighted by Gasteiger charge is -2.26. The van der Waals surface area contributed by atoms with Gasteiger partial charge in [-0.05, 0) is 66.9 Å². The van der Waals surface area contributed by atoms with Crippen LogP contribution in [-0.4, -0.2) is 26.7 Å². The molecule has 0 radical (unpaired) electrons. The Morgan fingerprint density at radius 3 is 2.46 bits per heavy atom. The SMILES string of the molecule is Cc1ccc(C)c(C(O)=C2C(=O)C(=O)N(Cc3cccnc3)C2c2cccc(Oc3ccccc3)c2)c1. The number of ether oxygens (including phenoxy) is 1. The number of hydrogen-bond donors (Lipinski definition) is 1. The van der Waals surface area contributed by atoms with Gasteiger partial charge in [-0.3, -0.25) is 14.6 Å². The van der Waals surface area contributed by atoms with Crippen molar-refractivity contribution >= 4 is 17.4 Å². The maximum Gasteiger partial charge on any atom is 0.295 e. The van der Waals surface area contributed by atoms with Gasteiger partial charge in [0.15, 0.2) is 0 Å². The van der Waals surface area contributed by atoms with Crippen LogP contribution < -0.4 is 4.74 Å². The van der Waals surface area contributed by atoms with E-state index in [0.717, 1.165) is 16.7 Å². The number of rotatable bonds is 6. The standard InChI is InChI=1S/C31H26N2O4/c1-20-13-14-21(2)26(16-20)29(34)27-28(33(31(36)30(27)35)19-22-8-7-15-32-18-22)23-9-6-12-25(17-23)37-24-10-4-3-5-11-24/h3-18,28,34H,19H2,1-2H3. The fourth-order valence-electron chi connectivity index (χ4n) is 4.59. The smallest absolute Gasteiger partial charge is 0.295 e. The quantitative estimate of drug-likeness (QED) is 0.200. The molecule has 6 heteroatoms. The molecule has 1 saturated heterocycles. The second-order valence-corrected chi connectivity index (χ2v) is 9.09. The number of aryl methyl sites for hydroxylation is 2. The molecule has 0 aliphatic carbocycles. The van der Waals surface area contributed by atoms with Crippen LogP contribution in [0.5, 0.6) is 11.5 Å². The average Bonchev–Trinajstić information content (AvgIpc) is 3.16. The molecule has 1 amide bonds. The second kappa shape index (κ2) is 10.1. The van der Waals surface area contributed by atoms with Crippen LogP contribution in [0.3, 0.4) is 0 Å². The number of likely N-dealkylation sites (tertiary alicyclic amines) is 1. The summed E-state index contributed by atoms with van der Waals surface area (Å²) < 4.78 is 6.02. The zero-order chi connectivity index (χ0) is 25.9. The van der Waals surface area contributed by atoms with E-state index in [0.29, 0.717) is 22.6 Å². The Balaban J connectivity index is 1.64. The van der Waals surface area contributed by atoms with Crippen molar-refractivity contribution in [3.63, 3.8) is 0 Å². The molecule has 6 nitrogen and oxygen atoms in total. The molecule has 0 saturated carbocycles. The molecule has 1 fully saturated rings. The predicted molar refractivity (Wildman–Crippen MR) is 141 cm³/mol. The second-order valence-electron chi connectivity index (χ2n) is 9.09. The number of carbonyl (C=O) groups is 2. The van der Waals surface area contributed by atoms with E-state index >= 15 is 0 Å². The van der Waals surface area contributed by atoms with E-state index in [1.807, 2.05) is 86.6 Å². The third-order valence-electron chi connectivity index (χ3n) is 6.42. The molecule has 2 heterocycles. The summed E-state index contributed by atoms with van der Waals surface area (Å²) in [6, 6.07) is 25.1. The van der Waals surface area contributed by atoms with E-state index in [9.17, 15) is 14.7 Å². The maximum atomic E-state index is 13.4. The van der Waals surface area contributed by atoms with Crippen LogP contribution in [0, 0.1) is 13.8 Å². The normalized spacial score (nSPS) is 16.7. The zero-order valence-corrected chi connectivity index (χ0v) is 20.6. The summed E-state index contributed by atoms with van der Waals surface area (Å²) in [7, 11) is 0. The van der Waals surface area contributed by atoms with Crippen molar-refractivity contribution < 1.29 is 19.4 Å². The number of benzene rings is 3. The van der Waals surface area contributed by atoms with E-state index in [-0.39, 0.29) is 17.9 Å². The van der Waals surface area contributed by atoms with Crippen molar-refractivity contribution in [1.82, 2.24) is 9.88 Å². The molecular formula is C31H26N2O4. The van der Waals surface area contributed by atoms with E-state index in [2.05, 4.69) is 4.98 Å². The molecule has 0 bridgehead atoms. The van der Waals surface area contributed by atoms with E-state index in [1.54, 1.807) is 24.5 Å². The molecule has 4 aromatic rings. The van der Waals surface area contributed by atoms with Crippen molar-refractivity contribution in [2.24, 2.45) is 0 Å². The van der Waals surface area contributed by atoms with Crippen LogP contribution in [0.2, 0.25) is 0 Å². The molecule has 1 aliphatic heterocycles. The summed E-state index contributed by atoms with van der Waals surface area (Å²) >= 11 is 0. The third-order valence-corrected chi connectivity index (χ3v) is 6.42. The first-order valence-corrected chi connectivity index (χ1v) is 12.0. The van der Waals surface area contributed by atoms with Gasteiger partial charge in [-0.25, -0.2) is 0 Å². The number of hydrogen-bond acceptors (Lipinski definition) is 5. The first kappa shape index (κ1) is 24.0. The Kier molecular flexibility index (Phi) is 6.56. The minimum atomic E-state index is -0.806. The molecule has 1 atom stereocenters. The maximum absolute atomic E-state index is 13.4. The highest BCUT2D eigenvalue weighted by Gasteiger charge is 2.46. The molecule has 1 aliphatic rings. The van der Waals surface area contributed by atoms with Crippen molar-refractivity contribution in [2.45, 2.75) is 26.4 Å². The van der Waals surface area contributed by atoms with Crippen molar-refractivity contribution in [3.05, 3.63) is 131 Å². The number of para-hydroxylation sites is 1. The minimum absolute atomic E-state index is 0.0550. The van der Waals surface area contributed by atoms with Crippen LogP contribution in [0.15, 0.2) is 103 Å². The minimum Gasteiger partial charge on any atom is -0.507 e. The van der Waals surface area contributed by atoms with Crippen molar-refractivity contribution in [2.75, 3.05) is 0 Å².